The third-order valence-electron chi connectivity index (χ3n) is 7.93. The summed E-state index contributed by atoms with van der Waals surface area (Å²) in [7, 11) is 1.00. The number of allylic oxidation sites excluding steroid dienone is 10. The average Bonchev–Trinajstić information content (AvgIpc) is 3.09. The highest BCUT2D eigenvalue weighted by atomic mass is 31.2. The number of hydrogen-bond donors (Lipinski definition) is 5. The van der Waals surface area contributed by atoms with Crippen LogP contribution >= 0.6 is 7.82 Å². The molecule has 0 aliphatic carbocycles. The van der Waals surface area contributed by atoms with Crippen LogP contribution in [0.25, 0.3) is 0 Å². The lowest BCUT2D eigenvalue weighted by atomic mass is 10.1. The van der Waals surface area contributed by atoms with E-state index in [9.17, 15) is 34.7 Å². The van der Waals surface area contributed by atoms with Gasteiger partial charge in [0.25, 0.3) is 7.82 Å². The summed E-state index contributed by atoms with van der Waals surface area (Å²) >= 11 is 0. The SMILES string of the molecule is CC/C=C\C[C@H](O)/C=C/C=C/C=C\C=C/[C@@H](O)[C@H](O)CCCC(=O)N[C@@H](COP(=O)([O-])OCC[N+](C)(C)C)[C@H](O)/C=C/CC/C=C\CCCCCCC. The van der Waals surface area contributed by atoms with Gasteiger partial charge in [-0.25, -0.2) is 0 Å². The average molecular weight is 767 g/mol. The minimum absolute atomic E-state index is 0.0273. The molecule has 0 spiro atoms. The fourth-order valence-corrected chi connectivity index (χ4v) is 5.41. The van der Waals surface area contributed by atoms with E-state index < -0.39 is 50.8 Å². The quantitative estimate of drug-likeness (QED) is 0.0178. The molecule has 0 bridgehead atoms. The molecular weight excluding hydrogens is 695 g/mol. The summed E-state index contributed by atoms with van der Waals surface area (Å²) in [6, 6.07) is -1.07. The van der Waals surface area contributed by atoms with E-state index in [0.29, 0.717) is 23.9 Å². The number of carbonyl (C=O) groups is 1. The van der Waals surface area contributed by atoms with E-state index in [4.69, 9.17) is 9.05 Å². The van der Waals surface area contributed by atoms with Crippen LogP contribution in [0.15, 0.2) is 85.1 Å². The van der Waals surface area contributed by atoms with Crippen LogP contribution in [0.2, 0.25) is 0 Å². The standard InChI is InChI=1S/C41H71N2O9P/c1-6-8-10-11-12-13-14-15-16-20-24-29-38(45)37(35-52-53(49,50)51-34-33-43(3,4)5)42-41(48)32-26-31-40(47)39(46)30-25-21-18-17-19-23-28-36(44)27-22-9-7-2/h9,14-15,17-19,21-25,28-30,36-40,44-47H,6-8,10-13,16,20,26-27,31-35H2,1-5H3,(H-,42,48,49,50)/b15-14-,19-17+,21-18-,22-9-,28-23+,29-24+,30-25-/t36-,37-,38+,39+,40+/m0/s1. The molecule has 0 aromatic rings. The Morgan fingerprint density at radius 3 is 2.08 bits per heavy atom. The van der Waals surface area contributed by atoms with Crippen molar-refractivity contribution in [2.45, 2.75) is 128 Å². The number of quaternary nitrogens is 1. The number of likely N-dealkylation sites (N-methyl/N-ethyl adjacent to an activating group) is 1. The van der Waals surface area contributed by atoms with Gasteiger partial charge in [-0.3, -0.25) is 9.36 Å². The van der Waals surface area contributed by atoms with Crippen LogP contribution in [0.1, 0.15) is 97.3 Å². The number of unbranched alkanes of at least 4 members (excludes halogenated alkanes) is 6. The zero-order valence-electron chi connectivity index (χ0n) is 33.0. The van der Waals surface area contributed by atoms with Gasteiger partial charge in [0.2, 0.25) is 5.91 Å². The maximum atomic E-state index is 12.8. The topological polar surface area (TPSA) is 169 Å². The van der Waals surface area contributed by atoms with Crippen LogP contribution in [0.4, 0.5) is 0 Å². The second-order valence-corrected chi connectivity index (χ2v) is 15.5. The molecule has 11 nitrogen and oxygen atoms in total. The molecule has 53 heavy (non-hydrogen) atoms. The smallest absolute Gasteiger partial charge is 0.268 e. The molecule has 5 N–H and O–H groups in total. The molecule has 0 aromatic carbocycles. The Kier molecular flexibility index (Phi) is 30.4. The zero-order chi connectivity index (χ0) is 39.8. The summed E-state index contributed by atoms with van der Waals surface area (Å²) in [6.07, 6.45) is 31.5. The minimum atomic E-state index is -4.69. The number of amides is 1. The predicted octanol–water partition coefficient (Wildman–Crippen LogP) is 6.13. The lowest BCUT2D eigenvalue weighted by Gasteiger charge is -2.29. The summed E-state index contributed by atoms with van der Waals surface area (Å²) in [4.78, 5) is 25.2. The third kappa shape index (κ3) is 32.7. The van der Waals surface area contributed by atoms with Crippen molar-refractivity contribution in [3.05, 3.63) is 85.1 Å². The van der Waals surface area contributed by atoms with Crippen molar-refractivity contribution >= 4 is 13.7 Å². The molecule has 6 atom stereocenters. The molecule has 0 saturated heterocycles. The Balaban J connectivity index is 4.96. The van der Waals surface area contributed by atoms with Crippen molar-refractivity contribution in [3.63, 3.8) is 0 Å². The monoisotopic (exact) mass is 766 g/mol. The maximum Gasteiger partial charge on any atom is 0.268 e. The van der Waals surface area contributed by atoms with Gasteiger partial charge in [0.15, 0.2) is 0 Å². The highest BCUT2D eigenvalue weighted by molar-refractivity contribution is 7.45. The predicted molar refractivity (Wildman–Crippen MR) is 214 cm³/mol. The second kappa shape index (κ2) is 31.9. The highest BCUT2D eigenvalue weighted by Gasteiger charge is 2.23. The first-order valence-corrected chi connectivity index (χ1v) is 20.7. The van der Waals surface area contributed by atoms with E-state index in [1.54, 1.807) is 48.6 Å². The highest BCUT2D eigenvalue weighted by Crippen LogP contribution is 2.38. The van der Waals surface area contributed by atoms with Crippen LogP contribution in [-0.4, -0.2) is 102 Å². The van der Waals surface area contributed by atoms with E-state index in [-0.39, 0.29) is 25.9 Å². The fraction of sp³-hybridized carbons (Fsp3) is 0.634. The van der Waals surface area contributed by atoms with Crippen molar-refractivity contribution < 1.29 is 48.2 Å². The summed E-state index contributed by atoms with van der Waals surface area (Å²) in [6.45, 7) is 4.07. The molecule has 1 amide bonds. The Morgan fingerprint density at radius 1 is 0.755 bits per heavy atom. The van der Waals surface area contributed by atoms with E-state index in [1.807, 2.05) is 40.2 Å². The summed E-state index contributed by atoms with van der Waals surface area (Å²) in [5, 5.41) is 44.0. The summed E-state index contributed by atoms with van der Waals surface area (Å²) < 4.78 is 22.9. The van der Waals surface area contributed by atoms with Gasteiger partial charge in [-0.1, -0.05) is 125 Å². The molecular formula is C41H71N2O9P. The third-order valence-corrected chi connectivity index (χ3v) is 8.90. The van der Waals surface area contributed by atoms with Crippen molar-refractivity contribution in [3.8, 4) is 0 Å². The second-order valence-electron chi connectivity index (χ2n) is 14.1. The van der Waals surface area contributed by atoms with Gasteiger partial charge in [-0.15, -0.1) is 0 Å². The van der Waals surface area contributed by atoms with Gasteiger partial charge < -0.3 is 44.2 Å². The normalized spacial score (nSPS) is 17.2. The molecule has 12 heteroatoms. The number of phosphoric acid groups is 1. The lowest BCUT2D eigenvalue weighted by molar-refractivity contribution is -0.870. The Bertz CT molecular complexity index is 1190. The molecule has 0 fully saturated rings. The first-order chi connectivity index (χ1) is 25.2. The van der Waals surface area contributed by atoms with E-state index in [0.717, 1.165) is 19.3 Å². The molecule has 304 valence electrons. The number of nitrogens with one attached hydrogen (secondary N) is 1. The fourth-order valence-electron chi connectivity index (χ4n) is 4.68. The van der Waals surface area contributed by atoms with Gasteiger partial charge in [-0.05, 0) is 51.4 Å². The first kappa shape index (κ1) is 50.6. The van der Waals surface area contributed by atoms with Crippen molar-refractivity contribution in [1.29, 1.82) is 0 Å². The maximum absolute atomic E-state index is 12.8. The number of nitrogens with zero attached hydrogens (tertiary/aromatic N) is 1. The molecule has 0 saturated carbocycles. The van der Waals surface area contributed by atoms with Crippen LogP contribution in [0.3, 0.4) is 0 Å². The minimum Gasteiger partial charge on any atom is -0.756 e. The molecule has 0 radical (unpaired) electrons. The first-order valence-electron chi connectivity index (χ1n) is 19.3. The van der Waals surface area contributed by atoms with E-state index >= 15 is 0 Å². The molecule has 0 rings (SSSR count). The Labute approximate surface area is 320 Å². The van der Waals surface area contributed by atoms with E-state index in [1.165, 1.54) is 44.3 Å². The lowest BCUT2D eigenvalue weighted by Crippen LogP contribution is -2.46. The van der Waals surface area contributed by atoms with Crippen LogP contribution < -0.4 is 10.2 Å². The summed E-state index contributed by atoms with van der Waals surface area (Å²) in [5.41, 5.74) is 0. The molecule has 1 unspecified atom stereocenters. The van der Waals surface area contributed by atoms with Crippen LogP contribution in [-0.2, 0) is 18.4 Å². The molecule has 0 aliphatic rings. The zero-order valence-corrected chi connectivity index (χ0v) is 33.9. The van der Waals surface area contributed by atoms with Crippen molar-refractivity contribution in [2.75, 3.05) is 40.9 Å². The number of rotatable bonds is 32. The molecule has 0 aliphatic heterocycles. The number of phosphoric ester groups is 1. The number of aliphatic hydroxyl groups excluding tert-OH is 4. The van der Waals surface area contributed by atoms with Gasteiger partial charge in [0.05, 0.1) is 58.2 Å². The van der Waals surface area contributed by atoms with Crippen LogP contribution in [0.5, 0.6) is 0 Å². The van der Waals surface area contributed by atoms with Crippen molar-refractivity contribution in [1.82, 2.24) is 5.32 Å². The van der Waals surface area contributed by atoms with Gasteiger partial charge in [0, 0.05) is 6.42 Å². The Hall–Kier alpha value is -2.44. The van der Waals surface area contributed by atoms with Crippen molar-refractivity contribution in [2.24, 2.45) is 0 Å². The number of carbonyl (C=O) groups excluding carboxylic acids is 1. The van der Waals surface area contributed by atoms with Gasteiger partial charge in [-0.2, -0.15) is 0 Å². The molecule has 0 heterocycles. The van der Waals surface area contributed by atoms with Crippen LogP contribution in [0, 0.1) is 0 Å². The van der Waals surface area contributed by atoms with E-state index in [2.05, 4.69) is 24.4 Å². The number of hydrogen-bond acceptors (Lipinski definition) is 9. The molecule has 0 aromatic heterocycles. The number of aliphatic hydroxyl groups is 4. The largest absolute Gasteiger partial charge is 0.756 e. The summed E-state index contributed by atoms with van der Waals surface area (Å²) in [5.74, 6) is -0.467. The Morgan fingerprint density at radius 2 is 1.40 bits per heavy atom. The van der Waals surface area contributed by atoms with Gasteiger partial charge >= 0.3 is 0 Å². The van der Waals surface area contributed by atoms with Gasteiger partial charge in [0.1, 0.15) is 13.2 Å².